The smallest absolute Gasteiger partial charge is 0.339 e. The SMILES string of the molecule is CC(C)C(=O)N1CCC(c2ccc(C3(C(=O)N4CC[C@@]5(C4)OC(=O)c4ccccc45)CC3)cc2)CC1. The summed E-state index contributed by atoms with van der Waals surface area (Å²) in [5.41, 5.74) is 2.79. The van der Waals surface area contributed by atoms with Crippen molar-refractivity contribution in [2.75, 3.05) is 26.2 Å². The van der Waals surface area contributed by atoms with Gasteiger partial charge >= 0.3 is 5.97 Å². The Bertz CT molecular complexity index is 1210. The molecule has 6 nitrogen and oxygen atoms in total. The molecule has 3 heterocycles. The van der Waals surface area contributed by atoms with Crippen LogP contribution in [0.2, 0.25) is 0 Å². The highest BCUT2D eigenvalue weighted by Gasteiger charge is 2.57. The monoisotopic (exact) mass is 486 g/mol. The standard InChI is InChI=1S/C30H34N2O4/c1-20(2)26(33)31-16-11-22(12-17-31)21-7-9-23(10-8-21)29(13-14-29)28(35)32-18-15-30(19-32)25-6-4-3-5-24(25)27(34)36-30/h3-10,20,22H,11-19H2,1-2H3/t30-/m0/s1. The number of esters is 1. The van der Waals surface area contributed by atoms with E-state index in [9.17, 15) is 14.4 Å². The summed E-state index contributed by atoms with van der Waals surface area (Å²) in [6.07, 6.45) is 4.34. The van der Waals surface area contributed by atoms with Gasteiger partial charge in [-0.25, -0.2) is 4.79 Å². The molecule has 0 radical (unpaired) electrons. The molecular formula is C30H34N2O4. The highest BCUT2D eigenvalue weighted by Crippen LogP contribution is 2.52. The quantitative estimate of drug-likeness (QED) is 0.602. The van der Waals surface area contributed by atoms with E-state index in [0.29, 0.717) is 31.0 Å². The van der Waals surface area contributed by atoms with Gasteiger partial charge in [0.1, 0.15) is 0 Å². The first kappa shape index (κ1) is 23.3. The van der Waals surface area contributed by atoms with Gasteiger partial charge in [-0.1, -0.05) is 56.3 Å². The third kappa shape index (κ3) is 3.64. The van der Waals surface area contributed by atoms with Gasteiger partial charge < -0.3 is 14.5 Å². The first-order chi connectivity index (χ1) is 17.3. The summed E-state index contributed by atoms with van der Waals surface area (Å²) in [5, 5.41) is 0. The zero-order chi connectivity index (χ0) is 25.1. The highest BCUT2D eigenvalue weighted by molar-refractivity contribution is 5.96. The number of nitrogens with zero attached hydrogens (tertiary/aromatic N) is 2. The maximum Gasteiger partial charge on any atom is 0.339 e. The first-order valence-corrected chi connectivity index (χ1v) is 13.3. The van der Waals surface area contributed by atoms with Crippen LogP contribution in [0.3, 0.4) is 0 Å². The molecule has 2 aromatic carbocycles. The molecule has 0 aromatic heterocycles. The van der Waals surface area contributed by atoms with E-state index in [0.717, 1.165) is 49.9 Å². The Labute approximate surface area is 212 Å². The first-order valence-electron chi connectivity index (χ1n) is 13.3. The number of hydrogen-bond donors (Lipinski definition) is 0. The fourth-order valence-corrected chi connectivity index (χ4v) is 6.53. The summed E-state index contributed by atoms with van der Waals surface area (Å²) >= 11 is 0. The number of fused-ring (bicyclic) bond motifs is 2. The molecule has 0 bridgehead atoms. The van der Waals surface area contributed by atoms with E-state index < -0.39 is 11.0 Å². The average molecular weight is 487 g/mol. The van der Waals surface area contributed by atoms with Gasteiger partial charge in [-0.05, 0) is 48.8 Å². The van der Waals surface area contributed by atoms with Gasteiger partial charge in [-0.2, -0.15) is 0 Å². The van der Waals surface area contributed by atoms with E-state index in [1.807, 2.05) is 47.9 Å². The number of carbonyl (C=O) groups excluding carboxylic acids is 3. The minimum Gasteiger partial charge on any atom is -0.449 e. The van der Waals surface area contributed by atoms with Crippen molar-refractivity contribution in [2.24, 2.45) is 5.92 Å². The van der Waals surface area contributed by atoms with Crippen LogP contribution in [0.15, 0.2) is 48.5 Å². The highest BCUT2D eigenvalue weighted by atomic mass is 16.6. The third-order valence-electron chi connectivity index (χ3n) is 8.84. The maximum atomic E-state index is 13.8. The number of carbonyl (C=O) groups is 3. The zero-order valence-electron chi connectivity index (χ0n) is 21.2. The molecule has 1 aliphatic carbocycles. The topological polar surface area (TPSA) is 66.9 Å². The van der Waals surface area contributed by atoms with Crippen molar-refractivity contribution in [2.45, 2.75) is 62.9 Å². The molecule has 4 aliphatic rings. The average Bonchev–Trinajstić information content (AvgIpc) is 3.54. The van der Waals surface area contributed by atoms with E-state index >= 15 is 0 Å². The van der Waals surface area contributed by atoms with Crippen molar-refractivity contribution in [3.8, 4) is 0 Å². The molecule has 36 heavy (non-hydrogen) atoms. The Morgan fingerprint density at radius 2 is 1.61 bits per heavy atom. The Hall–Kier alpha value is -3.15. The van der Waals surface area contributed by atoms with Gasteiger partial charge in [0.05, 0.1) is 17.5 Å². The fourth-order valence-electron chi connectivity index (χ4n) is 6.53. The van der Waals surface area contributed by atoms with Crippen LogP contribution in [0.5, 0.6) is 0 Å². The number of likely N-dealkylation sites (tertiary alicyclic amines) is 2. The predicted molar refractivity (Wildman–Crippen MR) is 135 cm³/mol. The lowest BCUT2D eigenvalue weighted by Gasteiger charge is -2.33. The zero-order valence-corrected chi connectivity index (χ0v) is 21.2. The summed E-state index contributed by atoms with van der Waals surface area (Å²) in [7, 11) is 0. The molecular weight excluding hydrogens is 452 g/mol. The van der Waals surface area contributed by atoms with Crippen LogP contribution in [0.25, 0.3) is 0 Å². The van der Waals surface area contributed by atoms with Crippen LogP contribution >= 0.6 is 0 Å². The predicted octanol–water partition coefficient (Wildman–Crippen LogP) is 4.38. The Balaban J connectivity index is 1.13. The lowest BCUT2D eigenvalue weighted by Crippen LogP contribution is -2.40. The summed E-state index contributed by atoms with van der Waals surface area (Å²) in [5.74, 6) is 0.632. The lowest BCUT2D eigenvalue weighted by atomic mass is 9.86. The van der Waals surface area contributed by atoms with E-state index in [-0.39, 0.29) is 23.7 Å². The van der Waals surface area contributed by atoms with Crippen LogP contribution in [0.1, 0.15) is 78.9 Å². The van der Waals surface area contributed by atoms with Crippen molar-refractivity contribution in [3.05, 3.63) is 70.8 Å². The van der Waals surface area contributed by atoms with Crippen molar-refractivity contribution in [1.29, 1.82) is 0 Å². The second kappa shape index (κ2) is 8.46. The number of rotatable bonds is 4. The molecule has 0 N–H and O–H groups in total. The molecule has 3 aliphatic heterocycles. The van der Waals surface area contributed by atoms with Gasteiger partial charge in [-0.15, -0.1) is 0 Å². The molecule has 2 saturated heterocycles. The van der Waals surface area contributed by atoms with Crippen LogP contribution in [-0.2, 0) is 25.3 Å². The van der Waals surface area contributed by atoms with Gasteiger partial charge in [0.25, 0.3) is 0 Å². The molecule has 188 valence electrons. The fraction of sp³-hybridized carbons (Fsp3) is 0.500. The molecule has 6 rings (SSSR count). The van der Waals surface area contributed by atoms with Crippen molar-refractivity contribution in [1.82, 2.24) is 9.80 Å². The molecule has 0 unspecified atom stereocenters. The molecule has 1 spiro atoms. The second-order valence-corrected chi connectivity index (χ2v) is 11.4. The van der Waals surface area contributed by atoms with Crippen molar-refractivity contribution in [3.63, 3.8) is 0 Å². The number of hydrogen-bond acceptors (Lipinski definition) is 4. The summed E-state index contributed by atoms with van der Waals surface area (Å²) in [6.45, 7) is 6.59. The van der Waals surface area contributed by atoms with Gasteiger partial charge in [0.15, 0.2) is 5.60 Å². The van der Waals surface area contributed by atoms with Crippen molar-refractivity contribution < 1.29 is 19.1 Å². The van der Waals surface area contributed by atoms with E-state index in [1.54, 1.807) is 0 Å². The van der Waals surface area contributed by atoms with Gasteiger partial charge in [0, 0.05) is 37.5 Å². The number of ether oxygens (including phenoxy) is 1. The Kier molecular flexibility index (Phi) is 5.47. The second-order valence-electron chi connectivity index (χ2n) is 11.4. The van der Waals surface area contributed by atoms with Gasteiger partial charge in [-0.3, -0.25) is 9.59 Å². The third-order valence-corrected chi connectivity index (χ3v) is 8.84. The van der Waals surface area contributed by atoms with E-state index in [1.165, 1.54) is 5.56 Å². The molecule has 1 saturated carbocycles. The largest absolute Gasteiger partial charge is 0.449 e. The summed E-state index contributed by atoms with van der Waals surface area (Å²) in [4.78, 5) is 42.4. The van der Waals surface area contributed by atoms with E-state index in [2.05, 4.69) is 24.3 Å². The van der Waals surface area contributed by atoms with E-state index in [4.69, 9.17) is 4.74 Å². The molecule has 3 fully saturated rings. The molecule has 2 amide bonds. The van der Waals surface area contributed by atoms with Crippen LogP contribution in [0.4, 0.5) is 0 Å². The van der Waals surface area contributed by atoms with Crippen LogP contribution < -0.4 is 0 Å². The Morgan fingerprint density at radius 1 is 0.917 bits per heavy atom. The van der Waals surface area contributed by atoms with Gasteiger partial charge in [0.2, 0.25) is 11.8 Å². The number of amides is 2. The number of piperidine rings is 1. The summed E-state index contributed by atoms with van der Waals surface area (Å²) in [6, 6.07) is 16.2. The normalized spacial score (nSPS) is 24.8. The summed E-state index contributed by atoms with van der Waals surface area (Å²) < 4.78 is 5.86. The lowest BCUT2D eigenvalue weighted by molar-refractivity contribution is -0.135. The minimum atomic E-state index is -0.699. The molecule has 6 heteroatoms. The molecule has 2 aromatic rings. The van der Waals surface area contributed by atoms with Crippen LogP contribution in [0, 0.1) is 5.92 Å². The van der Waals surface area contributed by atoms with Crippen LogP contribution in [-0.4, -0.2) is 53.8 Å². The Morgan fingerprint density at radius 3 is 2.28 bits per heavy atom. The maximum absolute atomic E-state index is 13.8. The number of benzene rings is 2. The minimum absolute atomic E-state index is 0.0500. The molecule has 1 atom stereocenters. The van der Waals surface area contributed by atoms with Crippen molar-refractivity contribution >= 4 is 17.8 Å².